The molecule has 4 rings (SSSR count). The Bertz CT molecular complexity index is 776. The highest BCUT2D eigenvalue weighted by Gasteiger charge is 2.15. The van der Waals surface area contributed by atoms with Gasteiger partial charge in [0, 0.05) is 6.54 Å². The summed E-state index contributed by atoms with van der Waals surface area (Å²) in [4.78, 5) is 8.82. The Morgan fingerprint density at radius 3 is 2.78 bits per heavy atom. The molecule has 0 bridgehead atoms. The van der Waals surface area contributed by atoms with E-state index in [4.69, 9.17) is 0 Å². The molecule has 6 heteroatoms. The van der Waals surface area contributed by atoms with Gasteiger partial charge in [-0.3, -0.25) is 0 Å². The Hall–Kier alpha value is -2.47. The minimum atomic E-state index is 0.699. The van der Waals surface area contributed by atoms with Gasteiger partial charge in [-0.05, 0) is 44.0 Å². The number of benzene rings is 1. The lowest BCUT2D eigenvalue weighted by Crippen LogP contribution is -2.31. The van der Waals surface area contributed by atoms with Crippen molar-refractivity contribution in [3.8, 4) is 5.69 Å². The summed E-state index contributed by atoms with van der Waals surface area (Å²) in [6.45, 7) is 3.17. The normalized spacial score (nSPS) is 15.8. The van der Waals surface area contributed by atoms with Crippen molar-refractivity contribution in [3.63, 3.8) is 0 Å². The maximum Gasteiger partial charge on any atom is 0.168 e. The summed E-state index contributed by atoms with van der Waals surface area (Å²) in [6, 6.07) is 10.0. The Morgan fingerprint density at radius 2 is 1.96 bits per heavy atom. The molecule has 0 saturated carbocycles. The number of nitrogens with zero attached hydrogens (tertiary/aromatic N) is 4. The fraction of sp³-hybridized carbons (Fsp3) is 0.353. The third-order valence-electron chi connectivity index (χ3n) is 4.38. The van der Waals surface area contributed by atoms with Crippen LogP contribution in [-0.4, -0.2) is 39.4 Å². The predicted octanol–water partition coefficient (Wildman–Crippen LogP) is 2.23. The van der Waals surface area contributed by atoms with E-state index in [0.29, 0.717) is 5.92 Å². The molecule has 0 radical (unpaired) electrons. The van der Waals surface area contributed by atoms with Crippen LogP contribution in [0.25, 0.3) is 16.7 Å². The van der Waals surface area contributed by atoms with Crippen molar-refractivity contribution in [2.45, 2.75) is 12.8 Å². The SMILES string of the molecule is c1ccc(-n2ncc3c(NCC4CCNCC4)ncnc32)cc1. The maximum absolute atomic E-state index is 4.49. The predicted molar refractivity (Wildman–Crippen MR) is 90.7 cm³/mol. The van der Waals surface area contributed by atoms with E-state index in [2.05, 4.69) is 25.7 Å². The van der Waals surface area contributed by atoms with Crippen LogP contribution in [0.3, 0.4) is 0 Å². The maximum atomic E-state index is 4.49. The van der Waals surface area contributed by atoms with Crippen LogP contribution in [-0.2, 0) is 0 Å². The van der Waals surface area contributed by atoms with Gasteiger partial charge >= 0.3 is 0 Å². The number of nitrogens with one attached hydrogen (secondary N) is 2. The first-order valence-electron chi connectivity index (χ1n) is 8.10. The van der Waals surface area contributed by atoms with Crippen molar-refractivity contribution in [3.05, 3.63) is 42.9 Å². The summed E-state index contributed by atoms with van der Waals surface area (Å²) < 4.78 is 1.85. The van der Waals surface area contributed by atoms with E-state index in [1.807, 2.05) is 41.2 Å². The van der Waals surface area contributed by atoms with Gasteiger partial charge in [-0.2, -0.15) is 5.10 Å². The summed E-state index contributed by atoms with van der Waals surface area (Å²) in [5.41, 5.74) is 1.84. The number of anilines is 1. The van der Waals surface area contributed by atoms with Gasteiger partial charge in [-0.25, -0.2) is 14.6 Å². The fourth-order valence-electron chi connectivity index (χ4n) is 3.07. The molecule has 0 amide bonds. The fourth-order valence-corrected chi connectivity index (χ4v) is 3.07. The second kappa shape index (κ2) is 6.34. The van der Waals surface area contributed by atoms with E-state index in [9.17, 15) is 0 Å². The van der Waals surface area contributed by atoms with Crippen molar-refractivity contribution in [2.24, 2.45) is 5.92 Å². The van der Waals surface area contributed by atoms with Gasteiger partial charge in [0.05, 0.1) is 17.3 Å². The zero-order valence-electron chi connectivity index (χ0n) is 12.9. The van der Waals surface area contributed by atoms with Gasteiger partial charge in [-0.1, -0.05) is 18.2 Å². The van der Waals surface area contributed by atoms with Crippen LogP contribution >= 0.6 is 0 Å². The molecule has 3 aromatic rings. The van der Waals surface area contributed by atoms with E-state index in [1.54, 1.807) is 6.33 Å². The Balaban J connectivity index is 1.60. The number of hydrogen-bond acceptors (Lipinski definition) is 5. The minimum absolute atomic E-state index is 0.699. The molecule has 23 heavy (non-hydrogen) atoms. The highest BCUT2D eigenvalue weighted by Crippen LogP contribution is 2.22. The summed E-state index contributed by atoms with van der Waals surface area (Å²) >= 11 is 0. The molecule has 1 aromatic carbocycles. The molecule has 0 aliphatic carbocycles. The van der Waals surface area contributed by atoms with Gasteiger partial charge in [0.25, 0.3) is 0 Å². The standard InChI is InChI=1S/C17H20N6/c1-2-4-14(5-3-1)23-17-15(11-22-23)16(20-12-21-17)19-10-13-6-8-18-9-7-13/h1-5,11-13,18H,6-10H2,(H,19,20,21). The molecule has 1 aliphatic rings. The second-order valence-corrected chi connectivity index (χ2v) is 5.93. The van der Waals surface area contributed by atoms with Gasteiger partial charge in [0.15, 0.2) is 5.65 Å². The third-order valence-corrected chi connectivity index (χ3v) is 4.38. The zero-order chi connectivity index (χ0) is 15.5. The molecule has 6 nitrogen and oxygen atoms in total. The number of hydrogen-bond donors (Lipinski definition) is 2. The zero-order valence-corrected chi connectivity index (χ0v) is 12.9. The van der Waals surface area contributed by atoms with E-state index < -0.39 is 0 Å². The molecule has 2 N–H and O–H groups in total. The highest BCUT2D eigenvalue weighted by molar-refractivity contribution is 5.87. The van der Waals surface area contributed by atoms with Crippen LogP contribution < -0.4 is 10.6 Å². The molecule has 0 spiro atoms. The second-order valence-electron chi connectivity index (χ2n) is 5.93. The lowest BCUT2D eigenvalue weighted by atomic mass is 9.98. The van der Waals surface area contributed by atoms with Gasteiger partial charge in [-0.15, -0.1) is 0 Å². The van der Waals surface area contributed by atoms with Crippen molar-refractivity contribution in [1.29, 1.82) is 0 Å². The number of rotatable bonds is 4. The molecule has 1 fully saturated rings. The van der Waals surface area contributed by atoms with Crippen LogP contribution in [0.5, 0.6) is 0 Å². The molecule has 1 saturated heterocycles. The molecule has 0 unspecified atom stereocenters. The first kappa shape index (κ1) is 14.1. The van der Waals surface area contributed by atoms with Crippen LogP contribution in [0, 0.1) is 5.92 Å². The molecule has 0 atom stereocenters. The quantitative estimate of drug-likeness (QED) is 0.773. The Morgan fingerprint density at radius 1 is 1.13 bits per heavy atom. The van der Waals surface area contributed by atoms with Crippen LogP contribution in [0.4, 0.5) is 5.82 Å². The monoisotopic (exact) mass is 308 g/mol. The van der Waals surface area contributed by atoms with Gasteiger partial charge in [0.2, 0.25) is 0 Å². The van der Waals surface area contributed by atoms with Crippen LogP contribution in [0.2, 0.25) is 0 Å². The molecular formula is C17H20N6. The molecule has 1 aliphatic heterocycles. The van der Waals surface area contributed by atoms with Crippen LogP contribution in [0.15, 0.2) is 42.9 Å². The molecule has 2 aromatic heterocycles. The van der Waals surface area contributed by atoms with E-state index in [1.165, 1.54) is 12.8 Å². The van der Waals surface area contributed by atoms with Crippen LogP contribution in [0.1, 0.15) is 12.8 Å². The Labute approximate surface area is 135 Å². The lowest BCUT2D eigenvalue weighted by molar-refractivity contribution is 0.389. The molecule has 3 heterocycles. The summed E-state index contributed by atoms with van der Waals surface area (Å²) in [6.07, 6.45) is 5.87. The highest BCUT2D eigenvalue weighted by atomic mass is 15.3. The third kappa shape index (κ3) is 2.90. The summed E-state index contributed by atoms with van der Waals surface area (Å²) in [5, 5.41) is 12.3. The lowest BCUT2D eigenvalue weighted by Gasteiger charge is -2.23. The van der Waals surface area contributed by atoms with E-state index in [0.717, 1.165) is 42.2 Å². The first-order chi connectivity index (χ1) is 11.4. The summed E-state index contributed by atoms with van der Waals surface area (Å²) in [7, 11) is 0. The number of fused-ring (bicyclic) bond motifs is 1. The van der Waals surface area contributed by atoms with Crippen molar-refractivity contribution in [2.75, 3.05) is 25.0 Å². The average molecular weight is 308 g/mol. The minimum Gasteiger partial charge on any atom is -0.369 e. The largest absolute Gasteiger partial charge is 0.369 e. The Kier molecular flexibility index (Phi) is 3.90. The van der Waals surface area contributed by atoms with E-state index >= 15 is 0 Å². The summed E-state index contributed by atoms with van der Waals surface area (Å²) in [5.74, 6) is 1.57. The molecule has 118 valence electrons. The number of para-hydroxylation sites is 1. The van der Waals surface area contributed by atoms with Crippen molar-refractivity contribution < 1.29 is 0 Å². The topological polar surface area (TPSA) is 67.7 Å². The molecular weight excluding hydrogens is 288 g/mol. The average Bonchev–Trinajstić information content (AvgIpc) is 3.06. The van der Waals surface area contributed by atoms with Crippen molar-refractivity contribution in [1.82, 2.24) is 25.1 Å². The van der Waals surface area contributed by atoms with Gasteiger partial charge in [0.1, 0.15) is 12.1 Å². The van der Waals surface area contributed by atoms with E-state index in [-0.39, 0.29) is 0 Å². The smallest absolute Gasteiger partial charge is 0.168 e. The van der Waals surface area contributed by atoms with Crippen molar-refractivity contribution >= 4 is 16.9 Å². The number of piperidine rings is 1. The first-order valence-corrected chi connectivity index (χ1v) is 8.10. The number of aromatic nitrogens is 4. The van der Waals surface area contributed by atoms with Gasteiger partial charge < -0.3 is 10.6 Å².